The average molecular weight is 248 g/mol. The van der Waals surface area contributed by atoms with Gasteiger partial charge in [0.1, 0.15) is 6.61 Å². The van der Waals surface area contributed by atoms with Crippen LogP contribution in [0.25, 0.3) is 11.1 Å². The van der Waals surface area contributed by atoms with Gasteiger partial charge in [-0.05, 0) is 22.3 Å². The van der Waals surface area contributed by atoms with Gasteiger partial charge in [0, 0.05) is 11.8 Å². The third kappa shape index (κ3) is 1.90. The Morgan fingerprint density at radius 2 is 1.58 bits per heavy atom. The summed E-state index contributed by atoms with van der Waals surface area (Å²) in [6, 6.07) is 16.4. The van der Waals surface area contributed by atoms with Crippen LogP contribution < -0.4 is 0 Å². The van der Waals surface area contributed by atoms with E-state index in [0.29, 0.717) is 0 Å². The number of hydrogen-bond acceptors (Lipinski definition) is 2. The molecular formula is C17H12O2. The molecule has 92 valence electrons. The summed E-state index contributed by atoms with van der Waals surface area (Å²) >= 11 is 0. The fourth-order valence-electron chi connectivity index (χ4n) is 2.64. The van der Waals surface area contributed by atoms with Crippen molar-refractivity contribution < 1.29 is 9.53 Å². The summed E-state index contributed by atoms with van der Waals surface area (Å²) in [4.78, 5) is 11.1. The number of carbonyl (C=O) groups excluding carboxylic acids is 1. The molecule has 0 fully saturated rings. The van der Waals surface area contributed by atoms with Crippen molar-refractivity contribution in [2.75, 3.05) is 6.61 Å². The number of benzene rings is 2. The summed E-state index contributed by atoms with van der Waals surface area (Å²) in [7, 11) is 0. The molecule has 0 saturated heterocycles. The van der Waals surface area contributed by atoms with E-state index in [1.807, 2.05) is 30.2 Å². The number of ether oxygens (including phenoxy) is 1. The monoisotopic (exact) mass is 248 g/mol. The molecule has 0 spiro atoms. The molecular weight excluding hydrogens is 236 g/mol. The number of fused-ring (bicyclic) bond motifs is 3. The molecule has 0 N–H and O–H groups in total. The van der Waals surface area contributed by atoms with Crippen LogP contribution in [0.1, 0.15) is 17.0 Å². The Kier molecular flexibility index (Phi) is 2.81. The van der Waals surface area contributed by atoms with Crippen LogP contribution in [0.5, 0.6) is 0 Å². The van der Waals surface area contributed by atoms with Crippen LogP contribution in [0.4, 0.5) is 0 Å². The minimum atomic E-state index is -0.609. The van der Waals surface area contributed by atoms with Gasteiger partial charge in [0.15, 0.2) is 0 Å². The van der Waals surface area contributed by atoms with Crippen molar-refractivity contribution in [2.24, 2.45) is 0 Å². The predicted molar refractivity (Wildman–Crippen MR) is 73.5 cm³/mol. The van der Waals surface area contributed by atoms with E-state index < -0.39 is 5.97 Å². The van der Waals surface area contributed by atoms with Crippen LogP contribution in [0.3, 0.4) is 0 Å². The second-order valence-electron chi connectivity index (χ2n) is 4.47. The molecule has 0 radical (unpaired) electrons. The lowest BCUT2D eigenvalue weighted by molar-refractivity contribution is -0.136. The molecule has 0 bridgehead atoms. The summed E-state index contributed by atoms with van der Waals surface area (Å²) in [5.74, 6) is 1.44. The van der Waals surface area contributed by atoms with Gasteiger partial charge in [-0.1, -0.05) is 48.5 Å². The van der Waals surface area contributed by atoms with Gasteiger partial charge in [-0.2, -0.15) is 0 Å². The van der Waals surface area contributed by atoms with Crippen molar-refractivity contribution in [1.82, 2.24) is 0 Å². The summed E-state index contributed by atoms with van der Waals surface area (Å²) in [5.41, 5.74) is 4.79. The van der Waals surface area contributed by atoms with Gasteiger partial charge in [-0.25, -0.2) is 4.79 Å². The van der Waals surface area contributed by atoms with Gasteiger partial charge in [-0.3, -0.25) is 0 Å². The average Bonchev–Trinajstić information content (AvgIpc) is 2.79. The lowest BCUT2D eigenvalue weighted by Gasteiger charge is -2.12. The van der Waals surface area contributed by atoms with E-state index in [1.54, 1.807) is 0 Å². The van der Waals surface area contributed by atoms with Gasteiger partial charge in [0.25, 0.3) is 0 Å². The minimum Gasteiger partial charge on any atom is -0.455 e. The Morgan fingerprint density at radius 3 is 2.11 bits per heavy atom. The highest BCUT2D eigenvalue weighted by molar-refractivity contribution is 5.87. The summed E-state index contributed by atoms with van der Waals surface area (Å²) in [6.45, 7) is 0.289. The smallest absolute Gasteiger partial charge is 0.384 e. The van der Waals surface area contributed by atoms with Crippen LogP contribution in [-0.2, 0) is 9.53 Å². The number of terminal acetylenes is 1. The van der Waals surface area contributed by atoms with E-state index >= 15 is 0 Å². The van der Waals surface area contributed by atoms with E-state index in [4.69, 9.17) is 11.2 Å². The molecule has 2 nitrogen and oxygen atoms in total. The maximum Gasteiger partial charge on any atom is 0.384 e. The SMILES string of the molecule is C#CC(=O)OCC1c2ccccc2-c2ccccc21. The Balaban J connectivity index is 2.01. The van der Waals surface area contributed by atoms with Crippen molar-refractivity contribution in [1.29, 1.82) is 0 Å². The van der Waals surface area contributed by atoms with Gasteiger partial charge >= 0.3 is 5.97 Å². The first kappa shape index (κ1) is 11.6. The topological polar surface area (TPSA) is 26.3 Å². The van der Waals surface area contributed by atoms with Gasteiger partial charge < -0.3 is 4.74 Å². The van der Waals surface area contributed by atoms with Gasteiger partial charge in [-0.15, -0.1) is 6.42 Å². The van der Waals surface area contributed by atoms with Crippen LogP contribution >= 0.6 is 0 Å². The van der Waals surface area contributed by atoms with Crippen molar-refractivity contribution in [3.8, 4) is 23.5 Å². The summed E-state index contributed by atoms with van der Waals surface area (Å²) in [6.07, 6.45) is 5.02. The Morgan fingerprint density at radius 1 is 1.05 bits per heavy atom. The maximum atomic E-state index is 11.1. The lowest BCUT2D eigenvalue weighted by atomic mass is 9.98. The second-order valence-corrected chi connectivity index (χ2v) is 4.47. The molecule has 0 saturated carbocycles. The number of esters is 1. The van der Waals surface area contributed by atoms with Crippen molar-refractivity contribution in [3.63, 3.8) is 0 Å². The first-order chi connectivity index (χ1) is 9.31. The van der Waals surface area contributed by atoms with Crippen molar-refractivity contribution in [2.45, 2.75) is 5.92 Å². The number of rotatable bonds is 2. The molecule has 0 unspecified atom stereocenters. The Bertz CT molecular complexity index is 634. The molecule has 2 heteroatoms. The first-order valence-electron chi connectivity index (χ1n) is 6.13. The Labute approximate surface area is 112 Å². The van der Waals surface area contributed by atoms with E-state index in [1.165, 1.54) is 22.3 Å². The van der Waals surface area contributed by atoms with Crippen LogP contribution in [0.15, 0.2) is 48.5 Å². The standard InChI is InChI=1S/C17H12O2/c1-2-17(18)19-11-16-14-9-5-3-7-12(14)13-8-4-6-10-15(13)16/h1,3-10,16H,11H2. The molecule has 0 amide bonds. The van der Waals surface area contributed by atoms with Gasteiger partial charge in [0.05, 0.1) is 0 Å². The van der Waals surface area contributed by atoms with Crippen LogP contribution in [0.2, 0.25) is 0 Å². The molecule has 2 aromatic carbocycles. The van der Waals surface area contributed by atoms with Crippen LogP contribution in [-0.4, -0.2) is 12.6 Å². The molecule has 0 heterocycles. The summed E-state index contributed by atoms with van der Waals surface area (Å²) < 4.78 is 5.11. The maximum absolute atomic E-state index is 11.1. The van der Waals surface area contributed by atoms with Crippen molar-refractivity contribution >= 4 is 5.97 Å². The normalized spacial score (nSPS) is 12.4. The molecule has 0 aromatic heterocycles. The Hall–Kier alpha value is -2.53. The highest BCUT2D eigenvalue weighted by atomic mass is 16.5. The highest BCUT2D eigenvalue weighted by Gasteiger charge is 2.28. The highest BCUT2D eigenvalue weighted by Crippen LogP contribution is 2.44. The predicted octanol–water partition coefficient (Wildman–Crippen LogP) is 2.98. The fourth-order valence-corrected chi connectivity index (χ4v) is 2.64. The zero-order chi connectivity index (χ0) is 13.2. The second kappa shape index (κ2) is 4.62. The minimum absolute atomic E-state index is 0.0738. The zero-order valence-electron chi connectivity index (χ0n) is 10.3. The molecule has 19 heavy (non-hydrogen) atoms. The third-order valence-electron chi connectivity index (χ3n) is 3.46. The zero-order valence-corrected chi connectivity index (χ0v) is 10.3. The quantitative estimate of drug-likeness (QED) is 0.464. The molecule has 0 aliphatic heterocycles. The largest absolute Gasteiger partial charge is 0.455 e. The lowest BCUT2D eigenvalue weighted by Crippen LogP contribution is -2.10. The van der Waals surface area contributed by atoms with E-state index in [0.717, 1.165) is 0 Å². The molecule has 0 atom stereocenters. The molecule has 1 aliphatic carbocycles. The third-order valence-corrected chi connectivity index (χ3v) is 3.46. The summed E-state index contributed by atoms with van der Waals surface area (Å²) in [5, 5.41) is 0. The first-order valence-corrected chi connectivity index (χ1v) is 6.13. The van der Waals surface area contributed by atoms with Crippen LogP contribution in [0, 0.1) is 12.3 Å². The molecule has 2 aromatic rings. The molecule has 3 rings (SSSR count). The van der Waals surface area contributed by atoms with Gasteiger partial charge in [0.2, 0.25) is 0 Å². The number of hydrogen-bond donors (Lipinski definition) is 0. The molecule has 1 aliphatic rings. The number of carbonyl (C=O) groups is 1. The fraction of sp³-hybridized carbons (Fsp3) is 0.118. The van der Waals surface area contributed by atoms with E-state index in [2.05, 4.69) is 24.3 Å². The van der Waals surface area contributed by atoms with Crippen molar-refractivity contribution in [3.05, 3.63) is 59.7 Å². The van der Waals surface area contributed by atoms with E-state index in [9.17, 15) is 4.79 Å². The van der Waals surface area contributed by atoms with E-state index in [-0.39, 0.29) is 12.5 Å².